The molecule has 3 aliphatic carbocycles. The van der Waals surface area contributed by atoms with Gasteiger partial charge in [0.15, 0.2) is 12.6 Å². The van der Waals surface area contributed by atoms with Crippen LogP contribution in [0.25, 0.3) is 0 Å². The number of aliphatic hydroxyl groups excluding tert-OH is 1. The predicted octanol–water partition coefficient (Wildman–Crippen LogP) is 5.75. The molecule has 0 aromatic carbocycles. The highest BCUT2D eigenvalue weighted by Gasteiger charge is 2.49. The van der Waals surface area contributed by atoms with E-state index in [1.165, 1.54) is 18.4 Å². The molecule has 2 heterocycles. The zero-order valence-corrected chi connectivity index (χ0v) is 22.7. The van der Waals surface area contributed by atoms with Crippen LogP contribution in [0.2, 0.25) is 0 Å². The van der Waals surface area contributed by atoms with Gasteiger partial charge in [-0.05, 0) is 82.5 Å². The summed E-state index contributed by atoms with van der Waals surface area (Å²) in [6.07, 6.45) is 16.5. The second-order valence-electron chi connectivity index (χ2n) is 11.8. The van der Waals surface area contributed by atoms with Crippen molar-refractivity contribution in [3.63, 3.8) is 0 Å². The Bertz CT molecular complexity index is 888. The topological polar surface area (TPSA) is 57.2 Å². The lowest BCUT2D eigenvalue weighted by molar-refractivity contribution is -0.206. The van der Waals surface area contributed by atoms with Gasteiger partial charge in [-0.25, -0.2) is 0 Å². The van der Waals surface area contributed by atoms with Crippen LogP contribution in [0, 0.1) is 46.9 Å². The van der Waals surface area contributed by atoms with Gasteiger partial charge in [-0.3, -0.25) is 0 Å². The van der Waals surface area contributed by atoms with Gasteiger partial charge in [0.1, 0.15) is 6.10 Å². The Balaban J connectivity index is 1.38. The monoisotopic (exact) mass is 510 g/mol. The lowest BCUT2D eigenvalue weighted by Gasteiger charge is -2.45. The maximum Gasteiger partial charge on any atom is 0.159 e. The van der Waals surface area contributed by atoms with E-state index in [0.29, 0.717) is 11.8 Å². The Morgan fingerprint density at radius 3 is 2.46 bits per heavy atom. The van der Waals surface area contributed by atoms with E-state index in [-0.39, 0.29) is 42.7 Å². The molecule has 5 nitrogen and oxygen atoms in total. The molecule has 1 unspecified atom stereocenters. The van der Waals surface area contributed by atoms with Crippen LogP contribution in [0.3, 0.4) is 0 Å². The quantitative estimate of drug-likeness (QED) is 0.349. The molecule has 2 aliphatic heterocycles. The van der Waals surface area contributed by atoms with Gasteiger partial charge in [0.05, 0.1) is 18.6 Å². The first-order valence-corrected chi connectivity index (χ1v) is 15.0. The molecule has 0 aromatic heterocycles. The van der Waals surface area contributed by atoms with Gasteiger partial charge in [0.2, 0.25) is 0 Å². The molecule has 5 heteroatoms. The van der Waals surface area contributed by atoms with Gasteiger partial charge < -0.3 is 24.1 Å². The summed E-state index contributed by atoms with van der Waals surface area (Å²) in [6, 6.07) is 0. The van der Waals surface area contributed by atoms with Crippen molar-refractivity contribution in [1.82, 2.24) is 0 Å². The summed E-state index contributed by atoms with van der Waals surface area (Å²) in [5, 5.41) is 9.48. The summed E-state index contributed by atoms with van der Waals surface area (Å²) in [6.45, 7) is 3.80. The standard InChI is InChI=1S/C32H46O5/c1-2-3-6-15-32(16-9-17-32)29(37-31-11-5-8-20-35-31)13-12-26-27-22-24(14-18-33)21-25(27)23-28(26)36-30-10-4-7-19-34-30/h14,25-31,33H,2,4-5,7-11,15-23H2,1H3/b24-14+/t25-,26+,27-,28+,29+,30?,31-/m0/s1. The normalized spacial score (nSPS) is 36.5. The molecule has 5 aliphatic rings. The zero-order valence-electron chi connectivity index (χ0n) is 22.7. The predicted molar refractivity (Wildman–Crippen MR) is 143 cm³/mol. The molecule has 37 heavy (non-hydrogen) atoms. The van der Waals surface area contributed by atoms with E-state index in [2.05, 4.69) is 30.6 Å². The van der Waals surface area contributed by atoms with Crippen molar-refractivity contribution in [1.29, 1.82) is 0 Å². The minimum Gasteiger partial charge on any atom is -0.392 e. The lowest BCUT2D eigenvalue weighted by atomic mass is 9.63. The second kappa shape index (κ2) is 13.1. The van der Waals surface area contributed by atoms with Crippen molar-refractivity contribution in [2.75, 3.05) is 19.8 Å². The fraction of sp³-hybridized carbons (Fsp3) is 0.812. The van der Waals surface area contributed by atoms with Crippen LogP contribution in [-0.2, 0) is 18.9 Å². The average molecular weight is 511 g/mol. The Kier molecular flexibility index (Phi) is 9.67. The summed E-state index contributed by atoms with van der Waals surface area (Å²) >= 11 is 0. The molecular formula is C32H46O5. The molecule has 0 bridgehead atoms. The van der Waals surface area contributed by atoms with E-state index < -0.39 is 0 Å². The largest absolute Gasteiger partial charge is 0.392 e. The SMILES string of the molecule is CCC#CCC1([C@@H](C#C[C@@H]2[C@H]3C/C(=C/CO)C[C@H]3C[C@H]2OC2CCCCO2)O[C@H]2CCCCO2)CCC1. The fourth-order valence-electron chi connectivity index (χ4n) is 7.09. The highest BCUT2D eigenvalue weighted by Crippen LogP contribution is 2.52. The van der Waals surface area contributed by atoms with Gasteiger partial charge in [-0.1, -0.05) is 36.8 Å². The molecular weight excluding hydrogens is 464 g/mol. The van der Waals surface area contributed by atoms with E-state index in [0.717, 1.165) is 90.3 Å². The van der Waals surface area contributed by atoms with Gasteiger partial charge >= 0.3 is 0 Å². The molecule has 1 N–H and O–H groups in total. The lowest BCUT2D eigenvalue weighted by Crippen LogP contribution is -2.44. The molecule has 2 saturated heterocycles. The molecule has 0 radical (unpaired) electrons. The minimum atomic E-state index is -0.158. The van der Waals surface area contributed by atoms with Crippen LogP contribution < -0.4 is 0 Å². The summed E-state index contributed by atoms with van der Waals surface area (Å²) in [7, 11) is 0. The fourth-order valence-corrected chi connectivity index (χ4v) is 7.09. The van der Waals surface area contributed by atoms with Crippen molar-refractivity contribution in [2.24, 2.45) is 23.2 Å². The van der Waals surface area contributed by atoms with Crippen molar-refractivity contribution < 1.29 is 24.1 Å². The molecule has 204 valence electrons. The summed E-state index contributed by atoms with van der Waals surface area (Å²) in [5.74, 6) is 15.4. The maximum atomic E-state index is 9.48. The van der Waals surface area contributed by atoms with Crippen LogP contribution in [-0.4, -0.2) is 49.7 Å². The number of ether oxygens (including phenoxy) is 4. The van der Waals surface area contributed by atoms with Crippen LogP contribution in [0.1, 0.15) is 96.8 Å². The molecule has 0 spiro atoms. The van der Waals surface area contributed by atoms with Crippen LogP contribution in [0.15, 0.2) is 11.6 Å². The van der Waals surface area contributed by atoms with Gasteiger partial charge in [-0.15, -0.1) is 11.8 Å². The molecule has 3 saturated carbocycles. The third-order valence-electron chi connectivity index (χ3n) is 9.32. The zero-order chi connectivity index (χ0) is 25.5. The highest BCUT2D eigenvalue weighted by molar-refractivity contribution is 5.24. The van der Waals surface area contributed by atoms with E-state index in [1.54, 1.807) is 0 Å². The smallest absolute Gasteiger partial charge is 0.159 e. The van der Waals surface area contributed by atoms with Crippen LogP contribution in [0.4, 0.5) is 0 Å². The van der Waals surface area contributed by atoms with E-state index in [1.807, 2.05) is 6.08 Å². The average Bonchev–Trinajstić information content (AvgIpc) is 3.42. The van der Waals surface area contributed by atoms with Crippen molar-refractivity contribution in [2.45, 2.75) is 122 Å². The van der Waals surface area contributed by atoms with Crippen LogP contribution >= 0.6 is 0 Å². The second-order valence-corrected chi connectivity index (χ2v) is 11.8. The first kappa shape index (κ1) is 27.2. The highest BCUT2D eigenvalue weighted by atomic mass is 16.7. The molecule has 5 rings (SSSR count). The number of allylic oxidation sites excluding steroid dienone is 1. The maximum absolute atomic E-state index is 9.48. The molecule has 5 fully saturated rings. The first-order valence-electron chi connectivity index (χ1n) is 15.0. The van der Waals surface area contributed by atoms with Gasteiger partial charge in [-0.2, -0.15) is 0 Å². The van der Waals surface area contributed by atoms with Crippen molar-refractivity contribution in [3.05, 3.63) is 11.6 Å². The number of fused-ring (bicyclic) bond motifs is 1. The summed E-state index contributed by atoms with van der Waals surface area (Å²) in [5.41, 5.74) is 1.39. The Morgan fingerprint density at radius 2 is 1.81 bits per heavy atom. The number of aliphatic hydroxyl groups is 1. The van der Waals surface area contributed by atoms with E-state index in [4.69, 9.17) is 18.9 Å². The Hall–Kier alpha value is -1.34. The Morgan fingerprint density at radius 1 is 1.03 bits per heavy atom. The van der Waals surface area contributed by atoms with Crippen LogP contribution in [0.5, 0.6) is 0 Å². The third kappa shape index (κ3) is 6.63. The molecule has 0 aromatic rings. The number of hydrogen-bond acceptors (Lipinski definition) is 5. The minimum absolute atomic E-state index is 0.00838. The summed E-state index contributed by atoms with van der Waals surface area (Å²) < 4.78 is 25.2. The summed E-state index contributed by atoms with van der Waals surface area (Å²) in [4.78, 5) is 0. The molecule has 0 amide bonds. The first-order chi connectivity index (χ1) is 18.2. The van der Waals surface area contributed by atoms with E-state index in [9.17, 15) is 5.11 Å². The molecule has 7 atom stereocenters. The number of hydrogen-bond donors (Lipinski definition) is 1. The van der Waals surface area contributed by atoms with Crippen molar-refractivity contribution >= 4 is 0 Å². The van der Waals surface area contributed by atoms with Crippen molar-refractivity contribution in [3.8, 4) is 23.7 Å². The third-order valence-corrected chi connectivity index (χ3v) is 9.32. The van der Waals surface area contributed by atoms with E-state index >= 15 is 0 Å². The Labute approximate surface area is 224 Å². The number of rotatable bonds is 7. The van der Waals surface area contributed by atoms with Gasteiger partial charge in [0, 0.05) is 31.5 Å². The van der Waals surface area contributed by atoms with Gasteiger partial charge in [0.25, 0.3) is 0 Å².